The van der Waals surface area contributed by atoms with E-state index in [0.717, 1.165) is 50.4 Å². The third-order valence-corrected chi connectivity index (χ3v) is 3.89. The number of aromatic amines is 1. The molecule has 1 atom stereocenters. The lowest BCUT2D eigenvalue weighted by atomic mass is 10.1. The molecule has 6 nitrogen and oxygen atoms in total. The van der Waals surface area contributed by atoms with Crippen molar-refractivity contribution in [2.24, 2.45) is 5.92 Å². The quantitative estimate of drug-likeness (QED) is 0.820. The van der Waals surface area contributed by atoms with Crippen molar-refractivity contribution in [2.45, 2.75) is 52.7 Å². The summed E-state index contributed by atoms with van der Waals surface area (Å²) in [6, 6.07) is 0. The fourth-order valence-electron chi connectivity index (χ4n) is 2.64. The van der Waals surface area contributed by atoms with Crippen LogP contribution in [0.5, 0.6) is 0 Å². The molecule has 0 aromatic carbocycles. The summed E-state index contributed by atoms with van der Waals surface area (Å²) in [7, 11) is 0. The van der Waals surface area contributed by atoms with Crippen LogP contribution >= 0.6 is 0 Å². The topological polar surface area (TPSA) is 70.2 Å². The van der Waals surface area contributed by atoms with Crippen LogP contribution < -0.4 is 5.32 Å². The van der Waals surface area contributed by atoms with E-state index in [9.17, 15) is 4.79 Å². The van der Waals surface area contributed by atoms with Gasteiger partial charge in [-0.3, -0.25) is 0 Å². The van der Waals surface area contributed by atoms with Gasteiger partial charge in [0.2, 0.25) is 0 Å². The molecule has 1 aliphatic rings. The number of nitrogens with one attached hydrogen (secondary N) is 2. The maximum absolute atomic E-state index is 12.0. The minimum atomic E-state index is -0.419. The number of aryl methyl sites for hydroxylation is 1. The van der Waals surface area contributed by atoms with Crippen LogP contribution in [0.15, 0.2) is 6.33 Å². The van der Waals surface area contributed by atoms with E-state index in [0.29, 0.717) is 5.92 Å². The Morgan fingerprint density at radius 2 is 2.32 bits per heavy atom. The number of imidazole rings is 1. The van der Waals surface area contributed by atoms with Crippen molar-refractivity contribution < 1.29 is 9.53 Å². The van der Waals surface area contributed by atoms with Gasteiger partial charge in [0.25, 0.3) is 0 Å². The molecule has 22 heavy (non-hydrogen) atoms. The molecule has 124 valence electrons. The van der Waals surface area contributed by atoms with Gasteiger partial charge in [0.05, 0.1) is 12.0 Å². The SMILES string of the molecule is Cc1[nH]cnc1CNCCC1CCN(C(=O)OC(C)(C)C)C1. The number of nitrogens with zero attached hydrogens (tertiary/aromatic N) is 2. The van der Waals surface area contributed by atoms with Crippen molar-refractivity contribution in [3.8, 4) is 0 Å². The Hall–Kier alpha value is -1.56. The van der Waals surface area contributed by atoms with Crippen LogP contribution in [0.25, 0.3) is 0 Å². The van der Waals surface area contributed by atoms with Gasteiger partial charge < -0.3 is 19.9 Å². The zero-order chi connectivity index (χ0) is 16.2. The molecule has 1 aromatic rings. The summed E-state index contributed by atoms with van der Waals surface area (Å²) in [5, 5.41) is 3.42. The Balaban J connectivity index is 1.64. The molecule has 0 radical (unpaired) electrons. The molecule has 0 spiro atoms. The second kappa shape index (κ2) is 7.13. The predicted molar refractivity (Wildman–Crippen MR) is 85.6 cm³/mol. The van der Waals surface area contributed by atoms with Gasteiger partial charge in [-0.2, -0.15) is 0 Å². The van der Waals surface area contributed by atoms with Gasteiger partial charge >= 0.3 is 6.09 Å². The van der Waals surface area contributed by atoms with E-state index >= 15 is 0 Å². The molecule has 1 aliphatic heterocycles. The molecule has 0 bridgehead atoms. The first-order valence-electron chi connectivity index (χ1n) is 8.02. The summed E-state index contributed by atoms with van der Waals surface area (Å²) in [4.78, 5) is 21.2. The van der Waals surface area contributed by atoms with Crippen LogP contribution in [0.2, 0.25) is 0 Å². The number of amides is 1. The molecule has 1 fully saturated rings. The summed E-state index contributed by atoms with van der Waals surface area (Å²) in [6.45, 7) is 11.1. The average molecular weight is 308 g/mol. The van der Waals surface area contributed by atoms with Gasteiger partial charge in [-0.15, -0.1) is 0 Å². The lowest BCUT2D eigenvalue weighted by Gasteiger charge is -2.24. The Morgan fingerprint density at radius 3 is 2.95 bits per heavy atom. The van der Waals surface area contributed by atoms with E-state index in [4.69, 9.17) is 4.74 Å². The predicted octanol–water partition coefficient (Wildman–Crippen LogP) is 2.45. The minimum Gasteiger partial charge on any atom is -0.444 e. The molecule has 1 amide bonds. The number of aromatic nitrogens is 2. The van der Waals surface area contributed by atoms with Crippen LogP contribution in [-0.2, 0) is 11.3 Å². The van der Waals surface area contributed by atoms with E-state index in [1.165, 1.54) is 0 Å². The van der Waals surface area contributed by atoms with Gasteiger partial charge in [0, 0.05) is 25.3 Å². The fraction of sp³-hybridized carbons (Fsp3) is 0.750. The molecule has 2 rings (SSSR count). The highest BCUT2D eigenvalue weighted by Gasteiger charge is 2.29. The first kappa shape index (κ1) is 16.8. The van der Waals surface area contributed by atoms with Crippen LogP contribution in [-0.4, -0.2) is 46.2 Å². The van der Waals surface area contributed by atoms with Crippen LogP contribution in [0.4, 0.5) is 4.79 Å². The number of hydrogen-bond donors (Lipinski definition) is 2. The molecule has 1 saturated heterocycles. The highest BCUT2D eigenvalue weighted by atomic mass is 16.6. The van der Waals surface area contributed by atoms with Crippen molar-refractivity contribution in [3.05, 3.63) is 17.7 Å². The molecular weight excluding hydrogens is 280 g/mol. The van der Waals surface area contributed by atoms with Crippen LogP contribution in [0.1, 0.15) is 45.0 Å². The van der Waals surface area contributed by atoms with Crippen LogP contribution in [0, 0.1) is 12.8 Å². The van der Waals surface area contributed by atoms with E-state index < -0.39 is 5.60 Å². The van der Waals surface area contributed by atoms with Gasteiger partial charge in [-0.1, -0.05) is 0 Å². The Bertz CT molecular complexity index is 493. The monoisotopic (exact) mass is 308 g/mol. The molecule has 1 aromatic heterocycles. The molecule has 2 heterocycles. The number of carbonyl (C=O) groups excluding carboxylic acids is 1. The number of H-pyrrole nitrogens is 1. The maximum atomic E-state index is 12.0. The zero-order valence-corrected chi connectivity index (χ0v) is 14.1. The van der Waals surface area contributed by atoms with Crippen molar-refractivity contribution >= 4 is 6.09 Å². The largest absolute Gasteiger partial charge is 0.444 e. The highest BCUT2D eigenvalue weighted by Crippen LogP contribution is 2.21. The normalized spacial score (nSPS) is 18.7. The summed E-state index contributed by atoms with van der Waals surface area (Å²) in [5.74, 6) is 0.556. The Labute approximate surface area is 132 Å². The Kier molecular flexibility index (Phi) is 5.45. The third kappa shape index (κ3) is 5.02. The van der Waals surface area contributed by atoms with E-state index in [-0.39, 0.29) is 6.09 Å². The molecule has 6 heteroatoms. The average Bonchev–Trinajstić information content (AvgIpc) is 3.02. The van der Waals surface area contributed by atoms with Gasteiger partial charge in [0.15, 0.2) is 0 Å². The van der Waals surface area contributed by atoms with Gasteiger partial charge in [-0.05, 0) is 53.0 Å². The molecule has 1 unspecified atom stereocenters. The summed E-state index contributed by atoms with van der Waals surface area (Å²) in [5.41, 5.74) is 1.77. The second-order valence-corrected chi connectivity index (χ2v) is 7.02. The van der Waals surface area contributed by atoms with Crippen molar-refractivity contribution in [1.82, 2.24) is 20.2 Å². The van der Waals surface area contributed by atoms with Crippen molar-refractivity contribution in [3.63, 3.8) is 0 Å². The smallest absolute Gasteiger partial charge is 0.410 e. The lowest BCUT2D eigenvalue weighted by molar-refractivity contribution is 0.0287. The number of hydrogen-bond acceptors (Lipinski definition) is 4. The second-order valence-electron chi connectivity index (χ2n) is 7.02. The molecule has 0 saturated carbocycles. The molecule has 0 aliphatic carbocycles. The molecule has 2 N–H and O–H groups in total. The number of likely N-dealkylation sites (tertiary alicyclic amines) is 1. The summed E-state index contributed by atoms with van der Waals surface area (Å²) < 4.78 is 5.42. The van der Waals surface area contributed by atoms with E-state index in [1.807, 2.05) is 32.6 Å². The number of carbonyl (C=O) groups is 1. The van der Waals surface area contributed by atoms with Crippen molar-refractivity contribution in [1.29, 1.82) is 0 Å². The Morgan fingerprint density at radius 1 is 1.55 bits per heavy atom. The van der Waals surface area contributed by atoms with E-state index in [1.54, 1.807) is 6.33 Å². The number of ether oxygens (including phenoxy) is 1. The van der Waals surface area contributed by atoms with Gasteiger partial charge in [-0.25, -0.2) is 9.78 Å². The van der Waals surface area contributed by atoms with Crippen molar-refractivity contribution in [2.75, 3.05) is 19.6 Å². The summed E-state index contributed by atoms with van der Waals surface area (Å²) in [6.07, 6.45) is 3.67. The first-order chi connectivity index (χ1) is 10.3. The first-order valence-corrected chi connectivity index (χ1v) is 8.02. The zero-order valence-electron chi connectivity index (χ0n) is 14.1. The molecular formula is C16H28N4O2. The maximum Gasteiger partial charge on any atom is 0.410 e. The third-order valence-electron chi connectivity index (χ3n) is 3.89. The highest BCUT2D eigenvalue weighted by molar-refractivity contribution is 5.68. The standard InChI is InChI=1S/C16H28N4O2/c1-12-14(19-11-18-12)9-17-7-5-13-6-8-20(10-13)15(21)22-16(2,3)4/h11,13,17H,5-10H2,1-4H3,(H,18,19). The lowest BCUT2D eigenvalue weighted by Crippen LogP contribution is -2.35. The number of rotatable bonds is 5. The minimum absolute atomic E-state index is 0.185. The van der Waals surface area contributed by atoms with Gasteiger partial charge in [0.1, 0.15) is 5.60 Å². The fourth-order valence-corrected chi connectivity index (χ4v) is 2.64. The van der Waals surface area contributed by atoms with E-state index in [2.05, 4.69) is 15.3 Å². The van der Waals surface area contributed by atoms with Crippen LogP contribution in [0.3, 0.4) is 0 Å². The summed E-state index contributed by atoms with van der Waals surface area (Å²) >= 11 is 0.